The topological polar surface area (TPSA) is 77.2 Å². The monoisotopic (exact) mass is 567 g/mol. The maximum Gasteiger partial charge on any atom is 0.248 e. The number of hydrogen-bond acceptors (Lipinski definition) is 4. The molecule has 1 aromatic heterocycles. The molecule has 1 heterocycles. The molecule has 0 saturated carbocycles. The number of phenols is 1. The first kappa shape index (κ1) is 28.4. The first-order valence-electron chi connectivity index (χ1n) is 11.0. The number of hydrogen-bond donors (Lipinski definition) is 4. The summed E-state index contributed by atoms with van der Waals surface area (Å²) in [5.41, 5.74) is 2.86. The van der Waals surface area contributed by atoms with Crippen LogP contribution in [0.3, 0.4) is 0 Å². The third-order valence-electron chi connectivity index (χ3n) is 5.42. The number of H-pyrrole nitrogens is 1. The van der Waals surface area contributed by atoms with Crippen LogP contribution in [-0.2, 0) is 12.8 Å². The van der Waals surface area contributed by atoms with Crippen molar-refractivity contribution >= 4 is 44.9 Å². The van der Waals surface area contributed by atoms with Crippen LogP contribution in [-0.4, -0.2) is 36.3 Å². The van der Waals surface area contributed by atoms with Crippen LogP contribution < -0.4 is 16.2 Å². The van der Waals surface area contributed by atoms with E-state index in [1.807, 2.05) is 6.07 Å². The molecule has 2 aromatic carbocycles. The van der Waals surface area contributed by atoms with Crippen molar-refractivity contribution < 1.29 is 5.11 Å². The summed E-state index contributed by atoms with van der Waals surface area (Å²) in [7, 11) is 0. The number of nitrogens with one attached hydrogen (secondary N) is 3. The Bertz CT molecular complexity index is 964. The summed E-state index contributed by atoms with van der Waals surface area (Å²) in [6.07, 6.45) is 6.89. The van der Waals surface area contributed by atoms with Gasteiger partial charge in [-0.05, 0) is 75.1 Å². The third kappa shape index (κ3) is 9.45. The lowest BCUT2D eigenvalue weighted by Crippen LogP contribution is -2.19. The van der Waals surface area contributed by atoms with Gasteiger partial charge in [0.05, 0.1) is 5.52 Å². The van der Waals surface area contributed by atoms with E-state index in [1.165, 1.54) is 37.3 Å². The second-order valence-corrected chi connectivity index (χ2v) is 7.75. The second kappa shape index (κ2) is 16.0. The Hall–Kier alpha value is -1.67. The van der Waals surface area contributed by atoms with E-state index in [2.05, 4.69) is 45.9 Å². The third-order valence-corrected chi connectivity index (χ3v) is 5.42. The first-order chi connectivity index (χ1) is 14.7. The van der Waals surface area contributed by atoms with E-state index in [0.717, 1.165) is 50.0 Å². The van der Waals surface area contributed by atoms with Crippen molar-refractivity contribution in [2.24, 2.45) is 0 Å². The van der Waals surface area contributed by atoms with Gasteiger partial charge in [0.1, 0.15) is 5.75 Å². The molecule has 0 fully saturated rings. The van der Waals surface area contributed by atoms with Crippen molar-refractivity contribution in [1.82, 2.24) is 15.6 Å². The van der Waals surface area contributed by atoms with Gasteiger partial charge in [-0.25, -0.2) is 0 Å². The largest absolute Gasteiger partial charge is 0.506 e. The minimum absolute atomic E-state index is 0. The number of benzene rings is 2. The van der Waals surface area contributed by atoms with Gasteiger partial charge in [0.2, 0.25) is 5.56 Å². The number of rotatable bonds is 13. The van der Waals surface area contributed by atoms with Crippen LogP contribution >= 0.6 is 34.0 Å². The first-order valence-corrected chi connectivity index (χ1v) is 11.0. The van der Waals surface area contributed by atoms with E-state index in [0.29, 0.717) is 5.52 Å². The predicted molar refractivity (Wildman–Crippen MR) is 145 cm³/mol. The number of aromatic nitrogens is 1. The fourth-order valence-corrected chi connectivity index (χ4v) is 3.72. The van der Waals surface area contributed by atoms with E-state index in [9.17, 15) is 9.90 Å². The molecule has 7 heteroatoms. The molecule has 3 aromatic rings. The van der Waals surface area contributed by atoms with Crippen LogP contribution in [0.15, 0.2) is 59.4 Å². The van der Waals surface area contributed by atoms with Gasteiger partial charge in [0.15, 0.2) is 0 Å². The van der Waals surface area contributed by atoms with E-state index in [1.54, 1.807) is 12.1 Å². The van der Waals surface area contributed by atoms with E-state index < -0.39 is 0 Å². The number of unbranched alkanes of at least 4 members (excludes halogenated alkanes) is 3. The average Bonchev–Trinajstić information content (AvgIpc) is 2.77. The zero-order valence-corrected chi connectivity index (χ0v) is 21.9. The lowest BCUT2D eigenvalue weighted by atomic mass is 10.0. The highest BCUT2D eigenvalue weighted by Crippen LogP contribution is 2.24. The average molecular weight is 569 g/mol. The van der Waals surface area contributed by atoms with Gasteiger partial charge in [0.25, 0.3) is 0 Å². The van der Waals surface area contributed by atoms with E-state index >= 15 is 0 Å². The van der Waals surface area contributed by atoms with Crippen molar-refractivity contribution in [2.45, 2.75) is 38.5 Å². The number of halogens is 2. The lowest BCUT2D eigenvalue weighted by molar-refractivity contribution is 0.480. The highest BCUT2D eigenvalue weighted by Gasteiger charge is 2.06. The molecule has 32 heavy (non-hydrogen) atoms. The highest BCUT2D eigenvalue weighted by atomic mass is 79.9. The molecular weight excluding hydrogens is 534 g/mol. The van der Waals surface area contributed by atoms with Crippen LogP contribution in [0.5, 0.6) is 5.75 Å². The molecule has 0 atom stereocenters. The van der Waals surface area contributed by atoms with Crippen molar-refractivity contribution in [2.75, 3.05) is 26.2 Å². The second-order valence-electron chi connectivity index (χ2n) is 7.75. The molecule has 5 nitrogen and oxygen atoms in total. The Kier molecular flexibility index (Phi) is 14.2. The summed E-state index contributed by atoms with van der Waals surface area (Å²) in [4.78, 5) is 14.2. The van der Waals surface area contributed by atoms with Crippen molar-refractivity contribution in [3.63, 3.8) is 0 Å². The fourth-order valence-electron chi connectivity index (χ4n) is 3.72. The molecule has 0 spiro atoms. The number of aromatic hydroxyl groups is 1. The molecule has 0 unspecified atom stereocenters. The number of aromatic amines is 1. The minimum Gasteiger partial charge on any atom is -0.506 e. The fraction of sp³-hybridized carbons (Fsp3) is 0.400. The molecule has 0 amide bonds. The number of fused-ring (bicyclic) bond motifs is 1. The summed E-state index contributed by atoms with van der Waals surface area (Å²) in [5.74, 6) is 0.119. The summed E-state index contributed by atoms with van der Waals surface area (Å²) in [5, 5.41) is 17.9. The van der Waals surface area contributed by atoms with Gasteiger partial charge >= 0.3 is 0 Å². The van der Waals surface area contributed by atoms with Gasteiger partial charge in [-0.1, -0.05) is 49.2 Å². The number of pyridine rings is 1. The van der Waals surface area contributed by atoms with Crippen LogP contribution in [0.25, 0.3) is 10.9 Å². The highest BCUT2D eigenvalue weighted by molar-refractivity contribution is 8.93. The molecule has 176 valence electrons. The van der Waals surface area contributed by atoms with Crippen LogP contribution in [0.2, 0.25) is 0 Å². The maximum atomic E-state index is 11.5. The summed E-state index contributed by atoms with van der Waals surface area (Å²) >= 11 is 0. The van der Waals surface area contributed by atoms with Gasteiger partial charge in [-0.3, -0.25) is 4.79 Å². The maximum absolute atomic E-state index is 11.5. The van der Waals surface area contributed by atoms with Crippen molar-refractivity contribution in [1.29, 1.82) is 0 Å². The molecule has 3 rings (SSSR count). The molecule has 0 aliphatic carbocycles. The Morgan fingerprint density at radius 3 is 2.06 bits per heavy atom. The standard InChI is InChI=1S/C25H33N3O2.2BrH/c29-23-12-10-21(22-11-13-24(30)28-25(22)23)15-19-27-17-7-2-1-6-16-26-18-14-20-8-4-3-5-9-20;;/h3-5,8-13,26-27,29H,1-2,6-7,14-19H2,(H,28,30);2*1H. The molecular formula is C25H35Br2N3O2. The van der Waals surface area contributed by atoms with Crippen LogP contribution in [0.1, 0.15) is 36.8 Å². The molecule has 0 aliphatic heterocycles. The van der Waals surface area contributed by atoms with Crippen LogP contribution in [0, 0.1) is 0 Å². The predicted octanol–water partition coefficient (Wildman–Crippen LogP) is 4.91. The molecule has 0 saturated heterocycles. The Morgan fingerprint density at radius 2 is 1.38 bits per heavy atom. The molecule has 0 radical (unpaired) electrons. The van der Waals surface area contributed by atoms with Crippen molar-refractivity contribution in [3.8, 4) is 5.75 Å². The zero-order chi connectivity index (χ0) is 21.0. The van der Waals surface area contributed by atoms with Gasteiger partial charge in [-0.15, -0.1) is 34.0 Å². The summed E-state index contributed by atoms with van der Waals surface area (Å²) < 4.78 is 0. The van der Waals surface area contributed by atoms with Crippen LogP contribution in [0.4, 0.5) is 0 Å². The Balaban J connectivity index is 0.00000256. The summed E-state index contributed by atoms with van der Waals surface area (Å²) in [6, 6.07) is 17.5. The van der Waals surface area contributed by atoms with Gasteiger partial charge in [-0.2, -0.15) is 0 Å². The van der Waals surface area contributed by atoms with E-state index in [4.69, 9.17) is 0 Å². The Morgan fingerprint density at radius 1 is 0.719 bits per heavy atom. The molecule has 4 N–H and O–H groups in total. The Labute approximate surface area is 211 Å². The normalized spacial score (nSPS) is 10.5. The van der Waals surface area contributed by atoms with Gasteiger partial charge < -0.3 is 20.7 Å². The minimum atomic E-state index is -0.195. The van der Waals surface area contributed by atoms with Crippen molar-refractivity contribution in [3.05, 3.63) is 76.1 Å². The van der Waals surface area contributed by atoms with E-state index in [-0.39, 0.29) is 45.3 Å². The lowest BCUT2D eigenvalue weighted by Gasteiger charge is -2.09. The number of phenolic OH excluding ortho intramolecular Hbond substituents is 1. The molecule has 0 aliphatic rings. The smallest absolute Gasteiger partial charge is 0.248 e. The SMILES string of the molecule is Br.Br.O=c1ccc2c(CCNCCCCCCNCCc3ccccc3)ccc(O)c2[nH]1. The summed E-state index contributed by atoms with van der Waals surface area (Å²) in [6.45, 7) is 4.05. The van der Waals surface area contributed by atoms with Gasteiger partial charge in [0, 0.05) is 11.5 Å². The zero-order valence-electron chi connectivity index (χ0n) is 18.4. The molecule has 0 bridgehead atoms. The quantitative estimate of drug-likeness (QED) is 0.221.